The summed E-state index contributed by atoms with van der Waals surface area (Å²) in [4.78, 5) is 16.5. The van der Waals surface area contributed by atoms with Crippen LogP contribution in [-0.4, -0.2) is 24.3 Å². The first kappa shape index (κ1) is 14.5. The molecule has 5 N–H and O–H groups in total. The smallest absolute Gasteiger partial charge is 0.209 e. The third kappa shape index (κ3) is 32.4. The molecule has 0 radical (unpaired) electrons. The van der Waals surface area contributed by atoms with Gasteiger partial charge in [0.15, 0.2) is 0 Å². The molecule has 0 fully saturated rings. The van der Waals surface area contributed by atoms with Crippen molar-refractivity contribution in [3.63, 3.8) is 0 Å². The summed E-state index contributed by atoms with van der Waals surface area (Å²) >= 11 is 0. The van der Waals surface area contributed by atoms with Crippen LogP contribution in [0.2, 0.25) is 0 Å². The van der Waals surface area contributed by atoms with E-state index in [-0.39, 0.29) is 0 Å². The zero-order chi connectivity index (χ0) is 9.82. The lowest BCUT2D eigenvalue weighted by Crippen LogP contribution is -2.00. The van der Waals surface area contributed by atoms with E-state index in [9.17, 15) is 0 Å². The van der Waals surface area contributed by atoms with Gasteiger partial charge in [-0.05, 0) is 25.9 Å². The summed E-state index contributed by atoms with van der Waals surface area (Å²) in [6.07, 6.45) is 7.50. The van der Waals surface area contributed by atoms with Gasteiger partial charge in [-0.15, -0.1) is 0 Å². The van der Waals surface area contributed by atoms with E-state index in [0.717, 1.165) is 25.9 Å². The van der Waals surface area contributed by atoms with Crippen molar-refractivity contribution < 1.29 is 9.79 Å². The zero-order valence-electron chi connectivity index (χ0n) is 7.41. The molecule has 12 heavy (non-hydrogen) atoms. The van der Waals surface area contributed by atoms with Gasteiger partial charge >= 0.3 is 0 Å². The van der Waals surface area contributed by atoms with Gasteiger partial charge < -0.3 is 16.4 Å². The number of hydrogen-bond donors (Lipinski definition) is 3. The van der Waals surface area contributed by atoms with Crippen LogP contribution in [0.4, 0.5) is 0 Å². The van der Waals surface area contributed by atoms with E-state index in [1.807, 2.05) is 0 Å². The predicted molar refractivity (Wildman–Crippen MR) is 52.8 cm³/mol. The van der Waals surface area contributed by atoms with E-state index in [1.165, 1.54) is 12.8 Å². The Bertz CT molecular complexity index is 91.4. The molecule has 0 aliphatic rings. The quantitative estimate of drug-likeness (QED) is 0.408. The summed E-state index contributed by atoms with van der Waals surface area (Å²) in [5.41, 5.74) is 10.6. The van der Waals surface area contributed by atoms with Gasteiger partial charge in [-0.3, -0.25) is 0 Å². The minimum Gasteiger partial charge on any atom is -0.604 e. The Balaban J connectivity index is 0. The fourth-order valence-corrected chi connectivity index (χ4v) is 0.642. The molecule has 0 spiro atoms. The van der Waals surface area contributed by atoms with E-state index in [4.69, 9.17) is 21.3 Å². The van der Waals surface area contributed by atoms with Gasteiger partial charge in [0.2, 0.25) is 8.00 Å². The fraction of sp³-hybridized carbons (Fsp3) is 0.857. The van der Waals surface area contributed by atoms with Crippen molar-refractivity contribution in [3.8, 4) is 0 Å². The van der Waals surface area contributed by atoms with Crippen molar-refractivity contribution in [2.24, 2.45) is 11.5 Å². The molecular weight excluding hydrogens is 175 g/mol. The highest BCUT2D eigenvalue weighted by molar-refractivity contribution is 7.41. The predicted octanol–water partition coefficient (Wildman–Crippen LogP) is -0.453. The van der Waals surface area contributed by atoms with Crippen LogP contribution in [0.1, 0.15) is 25.7 Å². The molecule has 0 aromatic heterocycles. The maximum atomic E-state index is 9.04. The summed E-state index contributed by atoms with van der Waals surface area (Å²) in [5, 5.41) is 0. The molecule has 5 heteroatoms. The minimum absolute atomic E-state index is 0.824. The molecule has 0 saturated carbocycles. The van der Waals surface area contributed by atoms with Crippen LogP contribution in [0, 0.1) is 0 Å². The molecule has 0 aromatic rings. The molecule has 0 heterocycles. The Hall–Kier alpha value is 0.01000. The van der Waals surface area contributed by atoms with Gasteiger partial charge in [0.25, 0.3) is 0 Å². The second-order valence-electron chi connectivity index (χ2n) is 2.34. The monoisotopic (exact) mass is 194 g/mol. The third-order valence-electron chi connectivity index (χ3n) is 1.16. The van der Waals surface area contributed by atoms with Gasteiger partial charge in [0, 0.05) is 0 Å². The Labute approximate surface area is 75.1 Å². The molecule has 0 amide bonds. The topological polar surface area (TPSA) is 95.3 Å². The van der Waals surface area contributed by atoms with Crippen LogP contribution < -0.4 is 16.4 Å². The third-order valence-corrected chi connectivity index (χ3v) is 1.16. The van der Waals surface area contributed by atoms with Gasteiger partial charge in [-0.25, -0.2) is 0 Å². The van der Waals surface area contributed by atoms with Crippen LogP contribution >= 0.6 is 8.00 Å². The van der Waals surface area contributed by atoms with Gasteiger partial charge in [0.1, 0.15) is 6.30 Å². The second-order valence-corrected chi connectivity index (χ2v) is 3.05. The van der Waals surface area contributed by atoms with E-state index in [0.29, 0.717) is 0 Å². The normalized spacial score (nSPS) is 10.2. The van der Waals surface area contributed by atoms with Gasteiger partial charge in [-0.1, -0.05) is 12.8 Å². The number of unbranched alkanes of at least 4 members (excludes halogenated alkanes) is 3. The Morgan fingerprint density at radius 1 is 1.08 bits per heavy atom. The van der Waals surface area contributed by atoms with E-state index in [2.05, 4.69) is 6.30 Å². The van der Waals surface area contributed by atoms with Gasteiger partial charge in [0.05, 0.1) is 0 Å². The molecule has 1 atom stereocenters. The molecule has 0 aromatic carbocycles. The summed E-state index contributed by atoms with van der Waals surface area (Å²) in [7, 11) is -2.12. The fourth-order valence-electron chi connectivity index (χ4n) is 0.642. The van der Waals surface area contributed by atoms with Crippen molar-refractivity contribution in [2.45, 2.75) is 25.7 Å². The Morgan fingerprint density at radius 2 is 1.33 bits per heavy atom. The standard InChI is InChI=1S/C6H16N2.CH3O2P/c7-5-3-1-2-4-6-8;1-4(2)3/h1-8H2;1H2,(H,2,3). The lowest BCUT2D eigenvalue weighted by molar-refractivity contribution is -0.167. The highest BCUT2D eigenvalue weighted by atomic mass is 31.1. The van der Waals surface area contributed by atoms with Crippen LogP contribution in [0.3, 0.4) is 0 Å². The first-order chi connectivity index (χ1) is 5.65. The average molecular weight is 194 g/mol. The van der Waals surface area contributed by atoms with Crippen LogP contribution in [-0.2, 0) is 0 Å². The second kappa shape index (κ2) is 13.6. The molecule has 0 aliphatic heterocycles. The first-order valence-electron chi connectivity index (χ1n) is 4.02. The summed E-state index contributed by atoms with van der Waals surface area (Å²) < 4.78 is 0. The maximum Gasteiger partial charge on any atom is 0.209 e. The molecule has 0 rings (SSSR count). The van der Waals surface area contributed by atoms with Crippen LogP contribution in [0.5, 0.6) is 0 Å². The molecule has 0 saturated heterocycles. The largest absolute Gasteiger partial charge is 0.604 e. The summed E-state index contributed by atoms with van der Waals surface area (Å²) in [5.74, 6) is 0. The van der Waals surface area contributed by atoms with Crippen molar-refractivity contribution in [2.75, 3.05) is 13.1 Å². The molecule has 74 valence electrons. The molecular formula is C7H19N2O2P. The van der Waals surface area contributed by atoms with E-state index < -0.39 is 8.00 Å². The van der Waals surface area contributed by atoms with Crippen LogP contribution in [0.25, 0.3) is 0 Å². The number of hydrogen-bond acceptors (Lipinski definition) is 4. The van der Waals surface area contributed by atoms with Crippen molar-refractivity contribution in [1.29, 1.82) is 0 Å². The molecule has 0 bridgehead atoms. The SMILES string of the molecule is C=[P+]([O-])O.NCCCCCCN. The Morgan fingerprint density at radius 3 is 1.50 bits per heavy atom. The highest BCUT2D eigenvalue weighted by Gasteiger charge is 1.83. The highest BCUT2D eigenvalue weighted by Crippen LogP contribution is 1.95. The van der Waals surface area contributed by atoms with Crippen molar-refractivity contribution in [3.05, 3.63) is 0 Å². The zero-order valence-corrected chi connectivity index (χ0v) is 8.30. The lowest BCUT2D eigenvalue weighted by Gasteiger charge is -1.94. The molecule has 1 unspecified atom stereocenters. The molecule has 4 nitrogen and oxygen atoms in total. The average Bonchev–Trinajstić information content (AvgIpc) is 1.97. The van der Waals surface area contributed by atoms with Crippen molar-refractivity contribution in [1.82, 2.24) is 0 Å². The number of nitrogens with two attached hydrogens (primary N) is 2. The summed E-state index contributed by atoms with van der Waals surface area (Å²) in [6.45, 7) is 1.65. The van der Waals surface area contributed by atoms with Gasteiger partial charge in [-0.2, -0.15) is 4.89 Å². The Kier molecular flexibility index (Phi) is 16.5. The minimum atomic E-state index is -2.12. The first-order valence-corrected chi connectivity index (χ1v) is 5.41. The molecule has 0 aliphatic carbocycles. The van der Waals surface area contributed by atoms with E-state index >= 15 is 0 Å². The van der Waals surface area contributed by atoms with Crippen molar-refractivity contribution >= 4 is 14.3 Å². The van der Waals surface area contributed by atoms with E-state index in [1.54, 1.807) is 0 Å². The van der Waals surface area contributed by atoms with Crippen LogP contribution in [0.15, 0.2) is 0 Å². The maximum absolute atomic E-state index is 9.04. The lowest BCUT2D eigenvalue weighted by atomic mass is 10.2. The number of rotatable bonds is 5. The summed E-state index contributed by atoms with van der Waals surface area (Å²) in [6, 6.07) is 0.